The standard InChI is InChI=1S/C25H26F2N4OS/c26-25(27)33-24-22(7-4-12-28-24)23(32)29-21-10-8-20(9-11-21)18-31-15-13-30(14-16-31)17-19-5-2-1-3-6-19/h1-12,25H,13-18H2,(H,29,32). The van der Waals surface area contributed by atoms with Crippen LogP contribution in [-0.2, 0) is 13.1 Å². The van der Waals surface area contributed by atoms with Gasteiger partial charge < -0.3 is 5.32 Å². The molecule has 2 heterocycles. The van der Waals surface area contributed by atoms with E-state index < -0.39 is 11.7 Å². The number of nitrogens with one attached hydrogen (secondary N) is 1. The second kappa shape index (κ2) is 11.4. The molecule has 1 aromatic heterocycles. The SMILES string of the molecule is O=C(Nc1ccc(CN2CCN(Cc3ccccc3)CC2)cc1)c1cccnc1SC(F)F. The number of aromatic nitrogens is 1. The summed E-state index contributed by atoms with van der Waals surface area (Å²) in [6, 6.07) is 21.3. The van der Waals surface area contributed by atoms with Crippen molar-refractivity contribution < 1.29 is 13.6 Å². The van der Waals surface area contributed by atoms with Gasteiger partial charge in [-0.2, -0.15) is 8.78 Å². The van der Waals surface area contributed by atoms with Crippen molar-refractivity contribution >= 4 is 23.4 Å². The summed E-state index contributed by atoms with van der Waals surface area (Å²) in [6.45, 7) is 5.93. The Morgan fingerprint density at radius 1 is 0.879 bits per heavy atom. The van der Waals surface area contributed by atoms with Gasteiger partial charge in [0.2, 0.25) is 0 Å². The largest absolute Gasteiger partial charge is 0.322 e. The molecule has 1 aliphatic heterocycles. The molecule has 0 aliphatic carbocycles. The summed E-state index contributed by atoms with van der Waals surface area (Å²) in [6.07, 6.45) is 1.40. The summed E-state index contributed by atoms with van der Waals surface area (Å²) >= 11 is 0.272. The molecule has 0 radical (unpaired) electrons. The Balaban J connectivity index is 1.27. The van der Waals surface area contributed by atoms with Crippen LogP contribution in [0.4, 0.5) is 14.5 Å². The van der Waals surface area contributed by atoms with Crippen LogP contribution in [0.1, 0.15) is 21.5 Å². The maximum Gasteiger partial charge on any atom is 0.290 e. The second-order valence-corrected chi connectivity index (χ2v) is 8.90. The zero-order valence-corrected chi connectivity index (χ0v) is 19.0. The van der Waals surface area contributed by atoms with Gasteiger partial charge in [0, 0.05) is 51.2 Å². The third-order valence-corrected chi connectivity index (χ3v) is 6.28. The second-order valence-electron chi connectivity index (χ2n) is 7.92. The van der Waals surface area contributed by atoms with Gasteiger partial charge in [0.05, 0.1) is 5.56 Å². The molecule has 5 nitrogen and oxygen atoms in total. The van der Waals surface area contributed by atoms with Crippen LogP contribution in [0.5, 0.6) is 0 Å². The van der Waals surface area contributed by atoms with Crippen LogP contribution in [0.2, 0.25) is 0 Å². The van der Waals surface area contributed by atoms with Gasteiger partial charge in [-0.15, -0.1) is 0 Å². The highest BCUT2D eigenvalue weighted by atomic mass is 32.2. The van der Waals surface area contributed by atoms with Gasteiger partial charge in [-0.3, -0.25) is 14.6 Å². The molecule has 172 valence electrons. The summed E-state index contributed by atoms with van der Waals surface area (Å²) in [5.41, 5.74) is 3.27. The normalized spacial score (nSPS) is 15.0. The molecule has 1 saturated heterocycles. The molecule has 1 aliphatic rings. The Morgan fingerprint density at radius 2 is 1.48 bits per heavy atom. The van der Waals surface area contributed by atoms with Gasteiger partial charge in [-0.25, -0.2) is 4.98 Å². The topological polar surface area (TPSA) is 48.5 Å². The molecule has 4 rings (SSSR count). The fourth-order valence-electron chi connectivity index (χ4n) is 3.84. The van der Waals surface area contributed by atoms with E-state index in [4.69, 9.17) is 0 Å². The van der Waals surface area contributed by atoms with E-state index in [-0.39, 0.29) is 22.4 Å². The number of thioether (sulfide) groups is 1. The lowest BCUT2D eigenvalue weighted by Gasteiger charge is -2.34. The van der Waals surface area contributed by atoms with E-state index in [0.29, 0.717) is 5.69 Å². The Hall–Kier alpha value is -2.81. The quantitative estimate of drug-likeness (QED) is 0.473. The first kappa shape index (κ1) is 23.4. The van der Waals surface area contributed by atoms with Crippen molar-refractivity contribution in [2.45, 2.75) is 23.9 Å². The first-order valence-electron chi connectivity index (χ1n) is 10.9. The minimum atomic E-state index is -2.63. The first-order chi connectivity index (χ1) is 16.1. The molecule has 8 heteroatoms. The van der Waals surface area contributed by atoms with Gasteiger partial charge in [0.25, 0.3) is 11.7 Å². The number of rotatable bonds is 8. The zero-order chi connectivity index (χ0) is 23.0. The number of pyridine rings is 1. The van der Waals surface area contributed by atoms with Gasteiger partial charge in [-0.05, 0) is 47.2 Å². The molecule has 1 amide bonds. The number of alkyl halides is 2. The number of nitrogens with zero attached hydrogens (tertiary/aromatic N) is 3. The molecule has 0 bridgehead atoms. The number of carbonyl (C=O) groups is 1. The molecule has 1 N–H and O–H groups in total. The van der Waals surface area contributed by atoms with E-state index in [2.05, 4.69) is 44.4 Å². The van der Waals surface area contributed by atoms with E-state index >= 15 is 0 Å². The molecule has 2 aromatic carbocycles. The van der Waals surface area contributed by atoms with Gasteiger partial charge in [0.1, 0.15) is 5.03 Å². The number of halogens is 2. The average molecular weight is 469 g/mol. The van der Waals surface area contributed by atoms with Gasteiger partial charge in [0.15, 0.2) is 0 Å². The molecule has 0 atom stereocenters. The number of anilines is 1. The van der Waals surface area contributed by atoms with E-state index in [1.54, 1.807) is 6.07 Å². The summed E-state index contributed by atoms with van der Waals surface area (Å²) < 4.78 is 25.5. The van der Waals surface area contributed by atoms with E-state index in [0.717, 1.165) is 39.3 Å². The lowest BCUT2D eigenvalue weighted by atomic mass is 10.1. The first-order valence-corrected chi connectivity index (χ1v) is 11.7. The molecular weight excluding hydrogens is 442 g/mol. The highest BCUT2D eigenvalue weighted by Crippen LogP contribution is 2.27. The summed E-state index contributed by atoms with van der Waals surface area (Å²) in [5, 5.41) is 2.80. The van der Waals surface area contributed by atoms with E-state index in [1.807, 2.05) is 30.3 Å². The minimum absolute atomic E-state index is 0.0213. The third-order valence-electron chi connectivity index (χ3n) is 5.55. The number of amides is 1. The van der Waals surface area contributed by atoms with Crippen molar-refractivity contribution in [1.29, 1.82) is 0 Å². The lowest BCUT2D eigenvalue weighted by Crippen LogP contribution is -2.45. The van der Waals surface area contributed by atoms with Crippen LogP contribution >= 0.6 is 11.8 Å². The molecule has 0 spiro atoms. The monoisotopic (exact) mass is 468 g/mol. The van der Waals surface area contributed by atoms with Crippen molar-refractivity contribution in [3.05, 3.63) is 89.6 Å². The molecule has 0 saturated carbocycles. The van der Waals surface area contributed by atoms with E-state index in [1.165, 1.54) is 23.4 Å². The third kappa shape index (κ3) is 6.83. The number of benzene rings is 2. The Labute approximate surface area is 196 Å². The number of carbonyl (C=O) groups excluding carboxylic acids is 1. The van der Waals surface area contributed by atoms with Crippen LogP contribution in [0.25, 0.3) is 0 Å². The molecule has 3 aromatic rings. The van der Waals surface area contributed by atoms with Crippen LogP contribution in [0.3, 0.4) is 0 Å². The lowest BCUT2D eigenvalue weighted by molar-refractivity contribution is 0.102. The van der Waals surface area contributed by atoms with Crippen LogP contribution in [-0.4, -0.2) is 52.6 Å². The number of hydrogen-bond donors (Lipinski definition) is 1. The highest BCUT2D eigenvalue weighted by Gasteiger charge is 2.18. The minimum Gasteiger partial charge on any atom is -0.322 e. The van der Waals surface area contributed by atoms with Crippen LogP contribution in [0.15, 0.2) is 78.0 Å². The average Bonchev–Trinajstić information content (AvgIpc) is 2.82. The predicted octanol–water partition coefficient (Wildman–Crippen LogP) is 4.97. The number of hydrogen-bond acceptors (Lipinski definition) is 5. The molecule has 1 fully saturated rings. The van der Waals surface area contributed by atoms with Crippen molar-refractivity contribution in [1.82, 2.24) is 14.8 Å². The van der Waals surface area contributed by atoms with Gasteiger partial charge >= 0.3 is 0 Å². The Bertz CT molecular complexity index is 1040. The van der Waals surface area contributed by atoms with Crippen molar-refractivity contribution in [3.8, 4) is 0 Å². The highest BCUT2D eigenvalue weighted by molar-refractivity contribution is 7.99. The number of piperazine rings is 1. The summed E-state index contributed by atoms with van der Waals surface area (Å²) in [7, 11) is 0. The maximum atomic E-state index is 12.7. The van der Waals surface area contributed by atoms with E-state index in [9.17, 15) is 13.6 Å². The van der Waals surface area contributed by atoms with Crippen LogP contribution in [0, 0.1) is 0 Å². The summed E-state index contributed by atoms with van der Waals surface area (Å²) in [4.78, 5) is 21.4. The van der Waals surface area contributed by atoms with Gasteiger partial charge in [-0.1, -0.05) is 42.5 Å². The summed E-state index contributed by atoms with van der Waals surface area (Å²) in [5.74, 6) is -3.08. The Kier molecular flexibility index (Phi) is 8.04. The van der Waals surface area contributed by atoms with Crippen LogP contribution < -0.4 is 5.32 Å². The van der Waals surface area contributed by atoms with Crippen molar-refractivity contribution in [3.63, 3.8) is 0 Å². The molecular formula is C25H26F2N4OS. The zero-order valence-electron chi connectivity index (χ0n) is 18.2. The smallest absolute Gasteiger partial charge is 0.290 e. The molecule has 33 heavy (non-hydrogen) atoms. The fraction of sp³-hybridized carbons (Fsp3) is 0.280. The Morgan fingerprint density at radius 3 is 2.09 bits per heavy atom. The molecule has 0 unspecified atom stereocenters. The fourth-order valence-corrected chi connectivity index (χ4v) is 4.42. The maximum absolute atomic E-state index is 12.7. The van der Waals surface area contributed by atoms with Crippen molar-refractivity contribution in [2.75, 3.05) is 31.5 Å². The van der Waals surface area contributed by atoms with Crippen molar-refractivity contribution in [2.24, 2.45) is 0 Å². The predicted molar refractivity (Wildman–Crippen MR) is 127 cm³/mol.